The average Bonchev–Trinajstić information content (AvgIpc) is 2.95. The van der Waals surface area contributed by atoms with Gasteiger partial charge in [-0.25, -0.2) is 22.5 Å². The van der Waals surface area contributed by atoms with E-state index in [-0.39, 0.29) is 23.5 Å². The van der Waals surface area contributed by atoms with Gasteiger partial charge >= 0.3 is 0 Å². The molecule has 7 heteroatoms. The molecule has 0 saturated carbocycles. The van der Waals surface area contributed by atoms with Crippen LogP contribution in [0.4, 0.5) is 17.6 Å². The molecule has 4 aromatic rings. The van der Waals surface area contributed by atoms with Gasteiger partial charge in [0.25, 0.3) is 0 Å². The van der Waals surface area contributed by atoms with E-state index in [0.29, 0.717) is 16.1 Å². The van der Waals surface area contributed by atoms with Gasteiger partial charge in [0.1, 0.15) is 29.1 Å². The van der Waals surface area contributed by atoms with Gasteiger partial charge in [0.2, 0.25) is 0 Å². The fourth-order valence-corrected chi connectivity index (χ4v) is 3.17. The lowest BCUT2D eigenvalue weighted by atomic mass is 10.1. The highest BCUT2D eigenvalue weighted by Gasteiger charge is 2.21. The van der Waals surface area contributed by atoms with Gasteiger partial charge in [0, 0.05) is 10.6 Å². The first kappa shape index (κ1) is 17.5. The number of aromatic nitrogens is 2. The largest absolute Gasteiger partial charge is 0.319 e. The third-order valence-corrected chi connectivity index (χ3v) is 4.51. The number of imidazole rings is 1. The van der Waals surface area contributed by atoms with Crippen molar-refractivity contribution < 1.29 is 17.6 Å². The Morgan fingerprint density at radius 3 is 2.04 bits per heavy atom. The summed E-state index contributed by atoms with van der Waals surface area (Å²) in [5, 5.41) is 0.379. The molecule has 0 atom stereocenters. The summed E-state index contributed by atoms with van der Waals surface area (Å²) in [6.45, 7) is -0.292. The monoisotopic (exact) mass is 390 g/mol. The second-order valence-corrected chi connectivity index (χ2v) is 6.39. The molecule has 0 aliphatic heterocycles. The molecule has 1 heterocycles. The molecule has 0 fully saturated rings. The van der Waals surface area contributed by atoms with Gasteiger partial charge in [-0.15, -0.1) is 0 Å². The SMILES string of the molecule is Fc1cccc(F)c1Cn1c(-c2c(F)cccc2F)nc2cc(Cl)ccc21. The van der Waals surface area contributed by atoms with E-state index < -0.39 is 23.3 Å². The van der Waals surface area contributed by atoms with Gasteiger partial charge in [-0.3, -0.25) is 0 Å². The predicted molar refractivity (Wildman–Crippen MR) is 95.6 cm³/mol. The topological polar surface area (TPSA) is 17.8 Å². The van der Waals surface area contributed by atoms with Crippen LogP contribution in [0.25, 0.3) is 22.4 Å². The normalized spacial score (nSPS) is 11.3. The summed E-state index contributed by atoms with van der Waals surface area (Å²) in [6, 6.07) is 11.6. The number of hydrogen-bond donors (Lipinski definition) is 0. The van der Waals surface area contributed by atoms with E-state index in [1.165, 1.54) is 22.8 Å². The molecule has 4 rings (SSSR count). The lowest BCUT2D eigenvalue weighted by Gasteiger charge is -2.12. The second-order valence-electron chi connectivity index (χ2n) is 5.95. The van der Waals surface area contributed by atoms with E-state index in [1.54, 1.807) is 12.1 Å². The van der Waals surface area contributed by atoms with Crippen LogP contribution in [0.2, 0.25) is 5.02 Å². The Hall–Kier alpha value is -2.86. The van der Waals surface area contributed by atoms with Crippen molar-refractivity contribution in [2.75, 3.05) is 0 Å². The summed E-state index contributed by atoms with van der Waals surface area (Å²) >= 11 is 5.98. The molecule has 0 spiro atoms. The molecule has 0 radical (unpaired) electrons. The summed E-state index contributed by atoms with van der Waals surface area (Å²) in [5.41, 5.74) is 0.197. The minimum atomic E-state index is -0.827. The number of hydrogen-bond acceptors (Lipinski definition) is 1. The maximum absolute atomic E-state index is 14.4. The molecule has 0 aliphatic rings. The third kappa shape index (κ3) is 3.06. The molecule has 0 amide bonds. The highest BCUT2D eigenvalue weighted by atomic mass is 35.5. The van der Waals surface area contributed by atoms with Crippen LogP contribution < -0.4 is 0 Å². The maximum atomic E-state index is 14.4. The van der Waals surface area contributed by atoms with Crippen molar-refractivity contribution in [1.29, 1.82) is 0 Å². The molecule has 3 aromatic carbocycles. The molecular formula is C20H11ClF4N2. The lowest BCUT2D eigenvalue weighted by Crippen LogP contribution is -2.08. The lowest BCUT2D eigenvalue weighted by molar-refractivity contribution is 0.546. The average molecular weight is 391 g/mol. The van der Waals surface area contributed by atoms with Crippen molar-refractivity contribution in [2.24, 2.45) is 0 Å². The smallest absolute Gasteiger partial charge is 0.147 e. The number of halogens is 5. The molecule has 27 heavy (non-hydrogen) atoms. The summed E-state index contributed by atoms with van der Waals surface area (Å²) in [4.78, 5) is 4.27. The zero-order valence-corrected chi connectivity index (χ0v) is 14.4. The van der Waals surface area contributed by atoms with Gasteiger partial charge in [-0.2, -0.15) is 0 Å². The third-order valence-electron chi connectivity index (χ3n) is 4.27. The highest BCUT2D eigenvalue weighted by Crippen LogP contribution is 2.31. The molecule has 136 valence electrons. The quantitative estimate of drug-likeness (QED) is 0.394. The Morgan fingerprint density at radius 1 is 0.815 bits per heavy atom. The van der Waals surface area contributed by atoms with Gasteiger partial charge in [-0.05, 0) is 42.5 Å². The Morgan fingerprint density at radius 2 is 1.41 bits per heavy atom. The van der Waals surface area contributed by atoms with Crippen LogP contribution in [0.1, 0.15) is 5.56 Å². The Kier molecular flexibility index (Phi) is 4.36. The maximum Gasteiger partial charge on any atom is 0.147 e. The molecule has 0 aliphatic carbocycles. The number of nitrogens with zero attached hydrogens (tertiary/aromatic N) is 2. The van der Waals surface area contributed by atoms with Crippen molar-refractivity contribution in [3.05, 3.63) is 88.5 Å². The molecule has 0 unspecified atom stereocenters. The van der Waals surface area contributed by atoms with Crippen molar-refractivity contribution in [2.45, 2.75) is 6.54 Å². The van der Waals surface area contributed by atoms with Crippen molar-refractivity contribution in [1.82, 2.24) is 9.55 Å². The van der Waals surface area contributed by atoms with Crippen molar-refractivity contribution in [3.63, 3.8) is 0 Å². The molecule has 0 saturated heterocycles. The van der Waals surface area contributed by atoms with E-state index in [4.69, 9.17) is 11.6 Å². The van der Waals surface area contributed by atoms with Crippen LogP contribution in [-0.2, 0) is 6.54 Å². The standard InChI is InChI=1S/C20H11ClF4N2/c21-11-7-8-18-17(9-11)26-20(19-15(24)5-2-6-16(19)25)27(18)10-12-13(22)3-1-4-14(12)23/h1-9H,10H2. The van der Waals surface area contributed by atoms with Gasteiger partial charge in [-0.1, -0.05) is 23.7 Å². The Bertz CT molecular complexity index is 1130. The number of rotatable bonds is 3. The van der Waals surface area contributed by atoms with Crippen LogP contribution >= 0.6 is 11.6 Å². The fourth-order valence-electron chi connectivity index (χ4n) is 3.01. The molecule has 0 bridgehead atoms. The first-order valence-corrected chi connectivity index (χ1v) is 8.36. The van der Waals surface area contributed by atoms with Gasteiger partial charge in [0.15, 0.2) is 0 Å². The first-order chi connectivity index (χ1) is 13.0. The highest BCUT2D eigenvalue weighted by molar-refractivity contribution is 6.31. The van der Waals surface area contributed by atoms with Crippen molar-refractivity contribution >= 4 is 22.6 Å². The summed E-state index contributed by atoms with van der Waals surface area (Å²) < 4.78 is 58.4. The molecule has 1 aromatic heterocycles. The summed E-state index contributed by atoms with van der Waals surface area (Å²) in [6.07, 6.45) is 0. The van der Waals surface area contributed by atoms with Crippen LogP contribution in [0.15, 0.2) is 54.6 Å². The fraction of sp³-hybridized carbons (Fsp3) is 0.0500. The first-order valence-electron chi connectivity index (χ1n) is 7.99. The summed E-state index contributed by atoms with van der Waals surface area (Å²) in [7, 11) is 0. The predicted octanol–water partition coefficient (Wildman–Crippen LogP) is 5.96. The van der Waals surface area contributed by atoms with Crippen LogP contribution in [0.3, 0.4) is 0 Å². The Balaban J connectivity index is 2.01. The van der Waals surface area contributed by atoms with Gasteiger partial charge in [0.05, 0.1) is 23.1 Å². The van der Waals surface area contributed by atoms with E-state index in [2.05, 4.69) is 4.98 Å². The number of fused-ring (bicyclic) bond motifs is 1. The zero-order valence-electron chi connectivity index (χ0n) is 13.7. The van der Waals surface area contributed by atoms with Crippen LogP contribution in [0.5, 0.6) is 0 Å². The van der Waals surface area contributed by atoms with E-state index in [9.17, 15) is 17.6 Å². The van der Waals surface area contributed by atoms with Crippen molar-refractivity contribution in [3.8, 4) is 11.4 Å². The van der Waals surface area contributed by atoms with Gasteiger partial charge < -0.3 is 4.57 Å². The van der Waals surface area contributed by atoms with Crippen LogP contribution in [-0.4, -0.2) is 9.55 Å². The Labute approximate surface area is 156 Å². The molecule has 0 N–H and O–H groups in total. The van der Waals surface area contributed by atoms with E-state index in [0.717, 1.165) is 24.3 Å². The molecular weight excluding hydrogens is 380 g/mol. The summed E-state index contributed by atoms with van der Waals surface area (Å²) in [5.74, 6) is -3.25. The van der Waals surface area contributed by atoms with E-state index in [1.807, 2.05) is 0 Å². The number of benzene rings is 3. The minimum Gasteiger partial charge on any atom is -0.319 e. The zero-order chi connectivity index (χ0) is 19.1. The second kappa shape index (κ2) is 6.70. The van der Waals surface area contributed by atoms with Crippen LogP contribution in [0, 0.1) is 23.3 Å². The minimum absolute atomic E-state index is 0.0782. The molecule has 2 nitrogen and oxygen atoms in total. The van der Waals surface area contributed by atoms with E-state index >= 15 is 0 Å².